The molecule has 1 aliphatic rings. The Morgan fingerprint density at radius 3 is 2.19 bits per heavy atom. The molecule has 0 spiro atoms. The van der Waals surface area contributed by atoms with Gasteiger partial charge in [-0.1, -0.05) is 0 Å². The van der Waals surface area contributed by atoms with E-state index in [9.17, 15) is 26.3 Å². The molecule has 0 aliphatic heterocycles. The van der Waals surface area contributed by atoms with Crippen molar-refractivity contribution >= 4 is 11.2 Å². The Hall–Kier alpha value is -2.72. The molecular weight excluding hydrogens is 364 g/mol. The first kappa shape index (κ1) is 16.7. The van der Waals surface area contributed by atoms with E-state index in [1.54, 1.807) is 0 Å². The highest BCUT2D eigenvalue weighted by Crippen LogP contribution is 2.41. The summed E-state index contributed by atoms with van der Waals surface area (Å²) in [6, 6.07) is 1.81. The van der Waals surface area contributed by atoms with Crippen molar-refractivity contribution in [2.24, 2.45) is 0 Å². The molecule has 0 bridgehead atoms. The lowest BCUT2D eigenvalue weighted by atomic mass is 10.2. The standard InChI is InChI=1S/C15H9F6N5/c16-14(17,18)8-4-3-7(5-22-8)12-23-9-10(15(19,20)21)24-11(6-1-2-6)25-13(9)26-12/h3-6H,1-2H2,(H,23,24,25,26). The Morgan fingerprint density at radius 1 is 0.923 bits per heavy atom. The molecular formula is C15H9F6N5. The van der Waals surface area contributed by atoms with E-state index in [4.69, 9.17) is 0 Å². The first-order chi connectivity index (χ1) is 12.1. The van der Waals surface area contributed by atoms with Gasteiger partial charge in [0.2, 0.25) is 0 Å². The molecule has 1 fully saturated rings. The van der Waals surface area contributed by atoms with Crippen molar-refractivity contribution in [3.05, 3.63) is 35.5 Å². The number of rotatable bonds is 2. The number of hydrogen-bond acceptors (Lipinski definition) is 4. The number of fused-ring (bicyclic) bond motifs is 1. The number of imidazole rings is 1. The van der Waals surface area contributed by atoms with Crippen LogP contribution in [0.4, 0.5) is 26.3 Å². The van der Waals surface area contributed by atoms with Crippen LogP contribution >= 0.6 is 0 Å². The van der Waals surface area contributed by atoms with Crippen LogP contribution in [-0.2, 0) is 12.4 Å². The van der Waals surface area contributed by atoms with Gasteiger partial charge in [-0.15, -0.1) is 0 Å². The molecule has 0 unspecified atom stereocenters. The highest BCUT2D eigenvalue weighted by molar-refractivity contribution is 5.78. The fourth-order valence-electron chi connectivity index (χ4n) is 2.48. The SMILES string of the molecule is FC(F)(F)c1ccc(-c2nc3nc(C4CC4)nc(C(F)(F)F)c3[nH]2)cn1. The summed E-state index contributed by atoms with van der Waals surface area (Å²) >= 11 is 0. The van der Waals surface area contributed by atoms with Crippen LogP contribution in [0.15, 0.2) is 18.3 Å². The maximum absolute atomic E-state index is 13.3. The summed E-state index contributed by atoms with van der Waals surface area (Å²) in [5.74, 6) is -0.101. The minimum atomic E-state index is -4.72. The second-order valence-corrected chi connectivity index (χ2v) is 5.92. The maximum atomic E-state index is 13.3. The number of alkyl halides is 6. The third-order valence-corrected chi connectivity index (χ3v) is 3.91. The average Bonchev–Trinajstić information content (AvgIpc) is 3.31. The zero-order valence-corrected chi connectivity index (χ0v) is 12.8. The lowest BCUT2D eigenvalue weighted by Crippen LogP contribution is -2.11. The number of nitrogens with one attached hydrogen (secondary N) is 1. The number of nitrogens with zero attached hydrogens (tertiary/aromatic N) is 4. The fourth-order valence-corrected chi connectivity index (χ4v) is 2.48. The van der Waals surface area contributed by atoms with Crippen molar-refractivity contribution in [2.75, 3.05) is 0 Å². The number of H-pyrrole nitrogens is 1. The highest BCUT2D eigenvalue weighted by atomic mass is 19.4. The molecule has 3 aromatic rings. The molecule has 3 aromatic heterocycles. The summed E-state index contributed by atoms with van der Waals surface area (Å²) in [4.78, 5) is 17.4. The lowest BCUT2D eigenvalue weighted by molar-refractivity contribution is -0.141. The van der Waals surface area contributed by atoms with Crippen molar-refractivity contribution in [3.63, 3.8) is 0 Å². The van der Waals surface area contributed by atoms with Crippen LogP contribution in [-0.4, -0.2) is 24.9 Å². The molecule has 1 aliphatic carbocycles. The maximum Gasteiger partial charge on any atom is 0.435 e. The van der Waals surface area contributed by atoms with Crippen LogP contribution in [0.5, 0.6) is 0 Å². The minimum absolute atomic E-state index is 0.0611. The monoisotopic (exact) mass is 373 g/mol. The normalized spacial score (nSPS) is 15.6. The molecule has 5 nitrogen and oxygen atoms in total. The molecule has 0 radical (unpaired) electrons. The Labute approximate surface area is 141 Å². The van der Waals surface area contributed by atoms with Crippen molar-refractivity contribution in [3.8, 4) is 11.4 Å². The molecule has 0 amide bonds. The predicted molar refractivity (Wildman–Crippen MR) is 76.9 cm³/mol. The third kappa shape index (κ3) is 2.97. The van der Waals surface area contributed by atoms with Gasteiger partial charge in [0.05, 0.1) is 0 Å². The van der Waals surface area contributed by atoms with Gasteiger partial charge in [-0.05, 0) is 25.0 Å². The molecule has 0 atom stereocenters. The van der Waals surface area contributed by atoms with Crippen LogP contribution in [0, 0.1) is 0 Å². The van der Waals surface area contributed by atoms with Gasteiger partial charge in [0.25, 0.3) is 0 Å². The van der Waals surface area contributed by atoms with E-state index in [0.717, 1.165) is 18.3 Å². The smallest absolute Gasteiger partial charge is 0.335 e. The molecule has 1 saturated carbocycles. The van der Waals surface area contributed by atoms with Gasteiger partial charge in [0, 0.05) is 17.7 Å². The summed E-state index contributed by atoms with van der Waals surface area (Å²) in [6.07, 6.45) is -7.01. The summed E-state index contributed by atoms with van der Waals surface area (Å²) in [5.41, 5.74) is -2.72. The molecule has 1 N–H and O–H groups in total. The Kier molecular flexibility index (Phi) is 3.47. The van der Waals surface area contributed by atoms with E-state index in [0.29, 0.717) is 12.8 Å². The quantitative estimate of drug-likeness (QED) is 0.679. The van der Waals surface area contributed by atoms with Crippen molar-refractivity contribution in [1.29, 1.82) is 0 Å². The van der Waals surface area contributed by atoms with Gasteiger partial charge in [0.15, 0.2) is 11.3 Å². The Bertz CT molecular complexity index is 969. The van der Waals surface area contributed by atoms with E-state index in [-0.39, 0.29) is 28.8 Å². The first-order valence-electron chi connectivity index (χ1n) is 7.51. The van der Waals surface area contributed by atoms with Crippen molar-refractivity contribution in [2.45, 2.75) is 31.1 Å². The number of aromatic amines is 1. The molecule has 0 saturated heterocycles. The molecule has 0 aromatic carbocycles. The van der Waals surface area contributed by atoms with Gasteiger partial charge in [-0.3, -0.25) is 4.98 Å². The van der Waals surface area contributed by atoms with Gasteiger partial charge in [-0.25, -0.2) is 15.0 Å². The second-order valence-electron chi connectivity index (χ2n) is 5.92. The van der Waals surface area contributed by atoms with E-state index in [1.165, 1.54) is 0 Å². The van der Waals surface area contributed by atoms with E-state index >= 15 is 0 Å². The van der Waals surface area contributed by atoms with E-state index < -0.39 is 29.3 Å². The fraction of sp³-hybridized carbons (Fsp3) is 0.333. The summed E-state index contributed by atoms with van der Waals surface area (Å²) in [7, 11) is 0. The number of aromatic nitrogens is 5. The van der Waals surface area contributed by atoms with Crippen molar-refractivity contribution in [1.82, 2.24) is 24.9 Å². The Balaban J connectivity index is 1.82. The second kappa shape index (κ2) is 5.39. The summed E-state index contributed by atoms with van der Waals surface area (Å²) in [6.45, 7) is 0. The van der Waals surface area contributed by atoms with Crippen LogP contribution in [0.2, 0.25) is 0 Å². The van der Waals surface area contributed by atoms with Crippen LogP contribution in [0.1, 0.15) is 36.0 Å². The van der Waals surface area contributed by atoms with Gasteiger partial charge in [0.1, 0.15) is 22.9 Å². The third-order valence-electron chi connectivity index (χ3n) is 3.91. The van der Waals surface area contributed by atoms with Crippen LogP contribution in [0.3, 0.4) is 0 Å². The predicted octanol–water partition coefficient (Wildman–Crippen LogP) is 4.33. The molecule has 136 valence electrons. The minimum Gasteiger partial charge on any atom is -0.335 e. The Morgan fingerprint density at radius 2 is 1.65 bits per heavy atom. The number of halogens is 6. The topological polar surface area (TPSA) is 67.3 Å². The molecule has 11 heteroatoms. The number of pyridine rings is 1. The zero-order valence-electron chi connectivity index (χ0n) is 12.8. The van der Waals surface area contributed by atoms with Crippen molar-refractivity contribution < 1.29 is 26.3 Å². The zero-order chi connectivity index (χ0) is 18.7. The van der Waals surface area contributed by atoms with Gasteiger partial charge < -0.3 is 4.98 Å². The van der Waals surface area contributed by atoms with E-state index in [2.05, 4.69) is 24.9 Å². The largest absolute Gasteiger partial charge is 0.435 e. The average molecular weight is 373 g/mol. The number of hydrogen-bond donors (Lipinski definition) is 1. The highest BCUT2D eigenvalue weighted by Gasteiger charge is 2.39. The van der Waals surface area contributed by atoms with Gasteiger partial charge in [-0.2, -0.15) is 26.3 Å². The molecule has 26 heavy (non-hydrogen) atoms. The summed E-state index contributed by atoms with van der Waals surface area (Å²) in [5, 5.41) is 0. The van der Waals surface area contributed by atoms with Gasteiger partial charge >= 0.3 is 12.4 Å². The molecule has 3 heterocycles. The first-order valence-corrected chi connectivity index (χ1v) is 7.51. The summed E-state index contributed by atoms with van der Waals surface area (Å²) < 4.78 is 77.6. The molecule has 4 rings (SSSR count). The lowest BCUT2D eigenvalue weighted by Gasteiger charge is -2.07. The van der Waals surface area contributed by atoms with E-state index in [1.807, 2.05) is 0 Å². The van der Waals surface area contributed by atoms with Crippen LogP contribution < -0.4 is 0 Å². The van der Waals surface area contributed by atoms with Crippen LogP contribution in [0.25, 0.3) is 22.6 Å².